The first-order valence-electron chi connectivity index (χ1n) is 7.25. The summed E-state index contributed by atoms with van der Waals surface area (Å²) in [6.07, 6.45) is 3.32. The van der Waals surface area contributed by atoms with Crippen LogP contribution in [0.5, 0.6) is 0 Å². The maximum Gasteiger partial charge on any atom is 0.136 e. The molecular weight excluding hydrogens is 238 g/mol. The first-order chi connectivity index (χ1) is 9.33. The van der Waals surface area contributed by atoms with Crippen LogP contribution in [-0.4, -0.2) is 25.5 Å². The van der Waals surface area contributed by atoms with Gasteiger partial charge in [0.1, 0.15) is 5.78 Å². The van der Waals surface area contributed by atoms with Crippen molar-refractivity contribution < 1.29 is 9.53 Å². The molecule has 3 rings (SSSR count). The number of nitrogens with one attached hydrogen (secondary N) is 1. The molecule has 2 heterocycles. The van der Waals surface area contributed by atoms with Crippen molar-refractivity contribution in [3.05, 3.63) is 35.4 Å². The highest BCUT2D eigenvalue weighted by Crippen LogP contribution is 2.30. The average molecular weight is 259 g/mol. The maximum absolute atomic E-state index is 12.2. The first-order valence-corrected chi connectivity index (χ1v) is 7.25. The first kappa shape index (κ1) is 12.8. The van der Waals surface area contributed by atoms with Gasteiger partial charge in [-0.15, -0.1) is 0 Å². The van der Waals surface area contributed by atoms with E-state index in [4.69, 9.17) is 4.74 Å². The smallest absolute Gasteiger partial charge is 0.136 e. The standard InChI is InChI=1S/C16H21NO2/c18-14(9-12-5-7-17-11-12)10-16-15-4-2-1-3-13(15)6-8-19-16/h1-4,12,16-17H,5-11H2. The second-order valence-corrected chi connectivity index (χ2v) is 5.61. The van der Waals surface area contributed by atoms with Gasteiger partial charge in [0.2, 0.25) is 0 Å². The van der Waals surface area contributed by atoms with Crippen LogP contribution in [0.2, 0.25) is 0 Å². The van der Waals surface area contributed by atoms with Gasteiger partial charge in [0.25, 0.3) is 0 Å². The summed E-state index contributed by atoms with van der Waals surface area (Å²) in [5.74, 6) is 0.877. The van der Waals surface area contributed by atoms with Crippen LogP contribution in [0.1, 0.15) is 36.5 Å². The highest BCUT2D eigenvalue weighted by molar-refractivity contribution is 5.79. The molecule has 0 spiro atoms. The minimum atomic E-state index is -0.0215. The van der Waals surface area contributed by atoms with E-state index in [0.29, 0.717) is 24.5 Å². The van der Waals surface area contributed by atoms with Crippen LogP contribution >= 0.6 is 0 Å². The Labute approximate surface area is 114 Å². The van der Waals surface area contributed by atoms with Crippen molar-refractivity contribution in [1.82, 2.24) is 5.32 Å². The Morgan fingerprint density at radius 3 is 3.05 bits per heavy atom. The van der Waals surface area contributed by atoms with Gasteiger partial charge in [-0.2, -0.15) is 0 Å². The summed E-state index contributed by atoms with van der Waals surface area (Å²) in [5.41, 5.74) is 2.56. The van der Waals surface area contributed by atoms with Crippen LogP contribution in [0.3, 0.4) is 0 Å². The Hall–Kier alpha value is -1.19. The van der Waals surface area contributed by atoms with Crippen molar-refractivity contribution >= 4 is 5.78 Å². The van der Waals surface area contributed by atoms with Gasteiger partial charge in [0.05, 0.1) is 12.7 Å². The fraction of sp³-hybridized carbons (Fsp3) is 0.562. The average Bonchev–Trinajstić information content (AvgIpc) is 2.92. The minimum absolute atomic E-state index is 0.0215. The highest BCUT2D eigenvalue weighted by Gasteiger charge is 2.25. The number of hydrogen-bond donors (Lipinski definition) is 1. The molecule has 2 unspecified atom stereocenters. The third-order valence-corrected chi connectivity index (χ3v) is 4.18. The minimum Gasteiger partial charge on any atom is -0.373 e. The van der Waals surface area contributed by atoms with Crippen molar-refractivity contribution in [1.29, 1.82) is 0 Å². The number of ketones is 1. The Morgan fingerprint density at radius 2 is 2.21 bits per heavy atom. The third kappa shape index (κ3) is 3.04. The SMILES string of the molecule is O=C(CC1CCNC1)CC1OCCc2ccccc21. The summed E-state index contributed by atoms with van der Waals surface area (Å²) in [5, 5.41) is 3.31. The molecule has 0 bridgehead atoms. The quantitative estimate of drug-likeness (QED) is 0.901. The largest absolute Gasteiger partial charge is 0.373 e. The molecule has 0 radical (unpaired) electrons. The summed E-state index contributed by atoms with van der Waals surface area (Å²) in [4.78, 5) is 12.2. The van der Waals surface area contributed by atoms with E-state index in [1.165, 1.54) is 11.1 Å². The lowest BCUT2D eigenvalue weighted by Gasteiger charge is -2.25. The summed E-state index contributed by atoms with van der Waals surface area (Å²) in [6.45, 7) is 2.79. The molecule has 0 aromatic heterocycles. The third-order valence-electron chi connectivity index (χ3n) is 4.18. The molecule has 2 aliphatic heterocycles. The van der Waals surface area contributed by atoms with Crippen LogP contribution in [0.15, 0.2) is 24.3 Å². The predicted molar refractivity (Wildman–Crippen MR) is 74.1 cm³/mol. The number of fused-ring (bicyclic) bond motifs is 1. The predicted octanol–water partition coefficient (Wildman–Crippen LogP) is 2.26. The fourth-order valence-corrected chi connectivity index (χ4v) is 3.15. The molecule has 0 aliphatic carbocycles. The van der Waals surface area contributed by atoms with Gasteiger partial charge in [-0.25, -0.2) is 0 Å². The van der Waals surface area contributed by atoms with Crippen LogP contribution in [0, 0.1) is 5.92 Å². The second-order valence-electron chi connectivity index (χ2n) is 5.61. The molecule has 0 amide bonds. The molecule has 2 atom stereocenters. The number of Topliss-reactive ketones (excluding diaryl/α,β-unsaturated/α-hetero) is 1. The fourth-order valence-electron chi connectivity index (χ4n) is 3.15. The number of ether oxygens (including phenoxy) is 1. The van der Waals surface area contributed by atoms with Crippen LogP contribution in [0.4, 0.5) is 0 Å². The van der Waals surface area contributed by atoms with Crippen molar-refractivity contribution in [2.45, 2.75) is 31.8 Å². The zero-order valence-corrected chi connectivity index (χ0v) is 11.2. The summed E-state index contributed by atoms with van der Waals surface area (Å²) in [7, 11) is 0. The lowest BCUT2D eigenvalue weighted by Crippen LogP contribution is -2.20. The molecule has 2 aliphatic rings. The molecule has 1 aromatic rings. The molecule has 19 heavy (non-hydrogen) atoms. The van der Waals surface area contributed by atoms with Gasteiger partial charge in [-0.1, -0.05) is 24.3 Å². The monoisotopic (exact) mass is 259 g/mol. The zero-order valence-electron chi connectivity index (χ0n) is 11.2. The number of carbonyl (C=O) groups is 1. The number of carbonyl (C=O) groups excluding carboxylic acids is 1. The zero-order chi connectivity index (χ0) is 13.1. The van der Waals surface area contributed by atoms with E-state index in [2.05, 4.69) is 23.5 Å². The van der Waals surface area contributed by atoms with Crippen LogP contribution in [-0.2, 0) is 16.0 Å². The summed E-state index contributed by atoms with van der Waals surface area (Å²) < 4.78 is 5.80. The van der Waals surface area contributed by atoms with Gasteiger partial charge >= 0.3 is 0 Å². The van der Waals surface area contributed by atoms with Gasteiger partial charge < -0.3 is 10.1 Å². The molecule has 0 saturated carbocycles. The summed E-state index contributed by atoms with van der Waals surface area (Å²) >= 11 is 0. The van der Waals surface area contributed by atoms with E-state index in [0.717, 1.165) is 32.5 Å². The van der Waals surface area contributed by atoms with E-state index in [1.807, 2.05) is 6.07 Å². The van der Waals surface area contributed by atoms with Gasteiger partial charge in [0.15, 0.2) is 0 Å². The van der Waals surface area contributed by atoms with E-state index in [1.54, 1.807) is 0 Å². The highest BCUT2D eigenvalue weighted by atomic mass is 16.5. The number of benzene rings is 1. The molecule has 3 nitrogen and oxygen atoms in total. The molecule has 1 saturated heterocycles. The Morgan fingerprint density at radius 1 is 1.32 bits per heavy atom. The molecule has 1 fully saturated rings. The number of rotatable bonds is 4. The topological polar surface area (TPSA) is 38.3 Å². The Kier molecular flexibility index (Phi) is 3.95. The Bertz CT molecular complexity index is 452. The van der Waals surface area contributed by atoms with Crippen molar-refractivity contribution in [3.8, 4) is 0 Å². The lowest BCUT2D eigenvalue weighted by atomic mass is 9.92. The van der Waals surface area contributed by atoms with Crippen LogP contribution < -0.4 is 5.32 Å². The van der Waals surface area contributed by atoms with E-state index >= 15 is 0 Å². The van der Waals surface area contributed by atoms with Crippen molar-refractivity contribution in [2.24, 2.45) is 5.92 Å². The summed E-state index contributed by atoms with van der Waals surface area (Å²) in [6, 6.07) is 8.35. The Balaban J connectivity index is 1.62. The number of hydrogen-bond acceptors (Lipinski definition) is 3. The van der Waals surface area contributed by atoms with Crippen LogP contribution in [0.25, 0.3) is 0 Å². The van der Waals surface area contributed by atoms with Gasteiger partial charge in [-0.3, -0.25) is 4.79 Å². The normalized spacial score (nSPS) is 26.1. The van der Waals surface area contributed by atoms with E-state index in [-0.39, 0.29) is 6.10 Å². The lowest BCUT2D eigenvalue weighted by molar-refractivity contribution is -0.123. The molecule has 1 N–H and O–H groups in total. The van der Waals surface area contributed by atoms with Crippen molar-refractivity contribution in [3.63, 3.8) is 0 Å². The molecule has 3 heteroatoms. The van der Waals surface area contributed by atoms with E-state index in [9.17, 15) is 4.79 Å². The van der Waals surface area contributed by atoms with Crippen molar-refractivity contribution in [2.75, 3.05) is 19.7 Å². The molecular formula is C16H21NO2. The van der Waals surface area contributed by atoms with E-state index < -0.39 is 0 Å². The van der Waals surface area contributed by atoms with Gasteiger partial charge in [0, 0.05) is 12.8 Å². The molecule has 1 aromatic carbocycles. The molecule has 102 valence electrons. The maximum atomic E-state index is 12.2. The second kappa shape index (κ2) is 5.85. The van der Waals surface area contributed by atoms with Gasteiger partial charge in [-0.05, 0) is 43.0 Å².